The summed E-state index contributed by atoms with van der Waals surface area (Å²) in [5.74, 6) is 0.828. The molecule has 1 N–H and O–H groups in total. The fourth-order valence-electron chi connectivity index (χ4n) is 1.74. The highest BCUT2D eigenvalue weighted by atomic mass is 16.3. The minimum absolute atomic E-state index is 0.111. The van der Waals surface area contributed by atoms with Gasteiger partial charge in [0.05, 0.1) is 18.2 Å². The molecule has 16 heavy (non-hydrogen) atoms. The SMILES string of the molecule is CCN(CCO)c1ncnc2c1cnn2C. The van der Waals surface area contributed by atoms with Crippen molar-refractivity contribution in [1.82, 2.24) is 19.7 Å². The van der Waals surface area contributed by atoms with Gasteiger partial charge in [0.1, 0.15) is 12.1 Å². The number of anilines is 1. The quantitative estimate of drug-likeness (QED) is 0.797. The summed E-state index contributed by atoms with van der Waals surface area (Å²) in [5.41, 5.74) is 0.807. The number of aliphatic hydroxyl groups is 1. The largest absolute Gasteiger partial charge is 0.395 e. The maximum Gasteiger partial charge on any atom is 0.163 e. The van der Waals surface area contributed by atoms with Gasteiger partial charge >= 0.3 is 0 Å². The maximum atomic E-state index is 9.00. The van der Waals surface area contributed by atoms with Crippen molar-refractivity contribution in [2.24, 2.45) is 7.05 Å². The van der Waals surface area contributed by atoms with Gasteiger partial charge in [-0.15, -0.1) is 0 Å². The zero-order chi connectivity index (χ0) is 11.5. The Morgan fingerprint density at radius 3 is 2.94 bits per heavy atom. The van der Waals surface area contributed by atoms with Crippen molar-refractivity contribution in [3.8, 4) is 0 Å². The molecule has 0 aliphatic rings. The Morgan fingerprint density at radius 1 is 1.44 bits per heavy atom. The summed E-state index contributed by atoms with van der Waals surface area (Å²) in [5, 5.41) is 14.1. The number of likely N-dealkylation sites (N-methyl/N-ethyl adjacent to an activating group) is 1. The van der Waals surface area contributed by atoms with Crippen LogP contribution in [0.4, 0.5) is 5.82 Å². The Hall–Kier alpha value is -1.69. The van der Waals surface area contributed by atoms with Crippen LogP contribution < -0.4 is 4.90 Å². The van der Waals surface area contributed by atoms with Crippen LogP contribution in [0.5, 0.6) is 0 Å². The van der Waals surface area contributed by atoms with Crippen molar-refractivity contribution in [3.63, 3.8) is 0 Å². The molecule has 0 saturated heterocycles. The number of hydrogen-bond acceptors (Lipinski definition) is 5. The number of aryl methyl sites for hydroxylation is 1. The zero-order valence-corrected chi connectivity index (χ0v) is 9.46. The summed E-state index contributed by atoms with van der Waals surface area (Å²) in [7, 11) is 1.85. The van der Waals surface area contributed by atoms with E-state index in [2.05, 4.69) is 15.1 Å². The first-order valence-electron chi connectivity index (χ1n) is 5.26. The van der Waals surface area contributed by atoms with E-state index in [1.54, 1.807) is 10.9 Å². The molecular formula is C10H15N5O. The lowest BCUT2D eigenvalue weighted by atomic mass is 10.3. The summed E-state index contributed by atoms with van der Waals surface area (Å²) in [4.78, 5) is 10.4. The fraction of sp³-hybridized carbons (Fsp3) is 0.500. The molecule has 0 unspecified atom stereocenters. The molecule has 6 heteroatoms. The third-order valence-corrected chi connectivity index (χ3v) is 2.56. The van der Waals surface area contributed by atoms with Crippen LogP contribution in [-0.4, -0.2) is 44.6 Å². The Balaban J connectivity index is 2.50. The highest BCUT2D eigenvalue weighted by molar-refractivity contribution is 5.86. The lowest BCUT2D eigenvalue weighted by Crippen LogP contribution is -2.27. The maximum absolute atomic E-state index is 9.00. The number of fused-ring (bicyclic) bond motifs is 1. The van der Waals surface area contributed by atoms with E-state index < -0.39 is 0 Å². The second kappa shape index (κ2) is 4.44. The number of nitrogens with zero attached hydrogens (tertiary/aromatic N) is 5. The molecule has 0 aromatic carbocycles. The molecule has 0 radical (unpaired) electrons. The Bertz CT molecular complexity index is 481. The minimum atomic E-state index is 0.111. The molecule has 86 valence electrons. The number of rotatable bonds is 4. The standard InChI is InChI=1S/C10H15N5O/c1-3-15(4-5-16)10-8-6-13-14(2)9(8)11-7-12-10/h6-7,16H,3-5H2,1-2H3. The van der Waals surface area contributed by atoms with Crippen LogP contribution in [0.15, 0.2) is 12.5 Å². The molecule has 0 saturated carbocycles. The topological polar surface area (TPSA) is 67.1 Å². The van der Waals surface area contributed by atoms with Gasteiger partial charge in [0, 0.05) is 20.1 Å². The number of aliphatic hydroxyl groups excluding tert-OH is 1. The van der Waals surface area contributed by atoms with Gasteiger partial charge in [0.2, 0.25) is 0 Å². The second-order valence-electron chi connectivity index (χ2n) is 3.51. The lowest BCUT2D eigenvalue weighted by Gasteiger charge is -2.20. The lowest BCUT2D eigenvalue weighted by molar-refractivity contribution is 0.302. The third-order valence-electron chi connectivity index (χ3n) is 2.56. The van der Waals surface area contributed by atoms with Crippen molar-refractivity contribution in [1.29, 1.82) is 0 Å². The first-order chi connectivity index (χ1) is 7.77. The molecule has 0 amide bonds. The average molecular weight is 221 g/mol. The van der Waals surface area contributed by atoms with Gasteiger partial charge in [-0.2, -0.15) is 5.10 Å². The summed E-state index contributed by atoms with van der Waals surface area (Å²) >= 11 is 0. The summed E-state index contributed by atoms with van der Waals surface area (Å²) in [6, 6.07) is 0. The van der Waals surface area contributed by atoms with E-state index in [4.69, 9.17) is 5.11 Å². The number of aromatic nitrogens is 4. The summed E-state index contributed by atoms with van der Waals surface area (Å²) in [6.07, 6.45) is 3.28. The van der Waals surface area contributed by atoms with Gasteiger partial charge < -0.3 is 10.0 Å². The van der Waals surface area contributed by atoms with E-state index in [0.717, 1.165) is 23.4 Å². The van der Waals surface area contributed by atoms with E-state index in [-0.39, 0.29) is 6.61 Å². The predicted molar refractivity (Wildman–Crippen MR) is 61.3 cm³/mol. The van der Waals surface area contributed by atoms with E-state index in [9.17, 15) is 0 Å². The average Bonchev–Trinajstić information content (AvgIpc) is 2.68. The molecule has 0 fully saturated rings. The van der Waals surface area contributed by atoms with E-state index in [1.165, 1.54) is 6.33 Å². The second-order valence-corrected chi connectivity index (χ2v) is 3.51. The fourth-order valence-corrected chi connectivity index (χ4v) is 1.74. The van der Waals surface area contributed by atoms with Crippen molar-refractivity contribution >= 4 is 16.9 Å². The van der Waals surface area contributed by atoms with Crippen LogP contribution in [0.25, 0.3) is 11.0 Å². The van der Waals surface area contributed by atoms with Crippen LogP contribution in [0.2, 0.25) is 0 Å². The highest BCUT2D eigenvalue weighted by Crippen LogP contribution is 2.21. The molecule has 2 heterocycles. The highest BCUT2D eigenvalue weighted by Gasteiger charge is 2.12. The third kappa shape index (κ3) is 1.71. The van der Waals surface area contributed by atoms with Gasteiger partial charge in [-0.1, -0.05) is 0 Å². The first-order valence-corrected chi connectivity index (χ1v) is 5.26. The van der Waals surface area contributed by atoms with Crippen LogP contribution in [0.1, 0.15) is 6.92 Å². The molecule has 2 aromatic heterocycles. The molecule has 2 rings (SSSR count). The van der Waals surface area contributed by atoms with Crippen LogP contribution in [0, 0.1) is 0 Å². The molecule has 0 spiro atoms. The molecule has 0 atom stereocenters. The Labute approximate surface area is 93.5 Å². The number of hydrogen-bond donors (Lipinski definition) is 1. The van der Waals surface area contributed by atoms with Gasteiger partial charge in [0.15, 0.2) is 5.65 Å². The van der Waals surface area contributed by atoms with Crippen molar-refractivity contribution in [2.75, 3.05) is 24.6 Å². The minimum Gasteiger partial charge on any atom is -0.395 e. The molecule has 6 nitrogen and oxygen atoms in total. The van der Waals surface area contributed by atoms with Crippen LogP contribution in [0.3, 0.4) is 0 Å². The molecule has 0 aliphatic heterocycles. The smallest absolute Gasteiger partial charge is 0.163 e. The first kappa shape index (κ1) is 10.8. The van der Waals surface area contributed by atoms with Gasteiger partial charge in [0.25, 0.3) is 0 Å². The molecule has 0 bridgehead atoms. The summed E-state index contributed by atoms with van der Waals surface area (Å²) < 4.78 is 1.72. The molecule has 0 aliphatic carbocycles. The molecular weight excluding hydrogens is 206 g/mol. The monoisotopic (exact) mass is 221 g/mol. The Morgan fingerprint density at radius 2 is 2.25 bits per heavy atom. The summed E-state index contributed by atoms with van der Waals surface area (Å²) in [6.45, 7) is 3.50. The van der Waals surface area contributed by atoms with Crippen molar-refractivity contribution < 1.29 is 5.11 Å². The van der Waals surface area contributed by atoms with Gasteiger partial charge in [-0.05, 0) is 6.92 Å². The predicted octanol–water partition coefficient (Wildman–Crippen LogP) is 0.182. The Kier molecular flexibility index (Phi) is 3.00. The molecule has 2 aromatic rings. The van der Waals surface area contributed by atoms with Crippen LogP contribution in [-0.2, 0) is 7.05 Å². The van der Waals surface area contributed by atoms with Crippen LogP contribution >= 0.6 is 0 Å². The van der Waals surface area contributed by atoms with Gasteiger partial charge in [-0.3, -0.25) is 4.68 Å². The zero-order valence-electron chi connectivity index (χ0n) is 9.46. The normalized spacial score (nSPS) is 10.9. The van der Waals surface area contributed by atoms with Crippen molar-refractivity contribution in [3.05, 3.63) is 12.5 Å². The van der Waals surface area contributed by atoms with Gasteiger partial charge in [-0.25, -0.2) is 9.97 Å². The van der Waals surface area contributed by atoms with E-state index in [0.29, 0.717) is 6.54 Å². The van der Waals surface area contributed by atoms with E-state index in [1.807, 2.05) is 18.9 Å². The van der Waals surface area contributed by atoms with Crippen molar-refractivity contribution in [2.45, 2.75) is 6.92 Å². The van der Waals surface area contributed by atoms with E-state index >= 15 is 0 Å².